The molecule has 4 heteroatoms. The molecule has 60 valence electrons. The quantitative estimate of drug-likeness (QED) is 0.369. The number of rotatable bonds is 4. The van der Waals surface area contributed by atoms with Crippen molar-refractivity contribution < 1.29 is 19.4 Å². The fourth-order valence-corrected chi connectivity index (χ4v) is 0.706. The smallest absolute Gasteiger partial charge is 0.148 e. The molecule has 0 radical (unpaired) electrons. The minimum absolute atomic E-state index is 0.0127. The molecule has 0 aliphatic heterocycles. The van der Waals surface area contributed by atoms with E-state index in [0.717, 1.165) is 0 Å². The second-order valence-electron chi connectivity index (χ2n) is 2.52. The number of hydrogen-bond donors (Lipinski definition) is 0. The summed E-state index contributed by atoms with van der Waals surface area (Å²) in [6.07, 6.45) is 0. The maximum absolute atomic E-state index is 10.1. The zero-order chi connectivity index (χ0) is 8.20. The fraction of sp³-hybridized carbons (Fsp3) is 0.833. The lowest BCUT2D eigenvalue weighted by Gasteiger charge is -2.26. The van der Waals surface area contributed by atoms with Crippen LogP contribution >= 0.6 is 0 Å². The van der Waals surface area contributed by atoms with E-state index in [2.05, 4.69) is 0 Å². The van der Waals surface area contributed by atoms with Crippen LogP contribution in [0.25, 0.3) is 0 Å². The highest BCUT2D eigenvalue weighted by Gasteiger charge is 2.15. The normalized spacial score (nSPS) is 11.5. The molecule has 0 fully saturated rings. The third-order valence-electron chi connectivity index (χ3n) is 0.988. The topological polar surface area (TPSA) is 49.4 Å². The molecule has 0 atom stereocenters. The van der Waals surface area contributed by atoms with Crippen molar-refractivity contribution in [3.63, 3.8) is 0 Å². The third-order valence-corrected chi connectivity index (χ3v) is 0.988. The van der Waals surface area contributed by atoms with Crippen LogP contribution in [0.1, 0.15) is 6.92 Å². The lowest BCUT2D eigenvalue weighted by molar-refractivity contribution is -1.07. The van der Waals surface area contributed by atoms with Crippen LogP contribution in [0.5, 0.6) is 0 Å². The Morgan fingerprint density at radius 2 is 2.10 bits per heavy atom. The number of hydroxylamine groups is 3. The molecule has 0 unspecified atom stereocenters. The van der Waals surface area contributed by atoms with Crippen LogP contribution in [-0.4, -0.2) is 37.9 Å². The van der Waals surface area contributed by atoms with Crippen molar-refractivity contribution in [3.8, 4) is 0 Å². The van der Waals surface area contributed by atoms with E-state index < -0.39 is 5.97 Å². The van der Waals surface area contributed by atoms with Crippen molar-refractivity contribution in [1.29, 1.82) is 0 Å². The summed E-state index contributed by atoms with van der Waals surface area (Å²) < 4.78 is 0.0127. The van der Waals surface area contributed by atoms with Gasteiger partial charge in [-0.2, -0.15) is 4.65 Å². The van der Waals surface area contributed by atoms with Crippen LogP contribution in [0.4, 0.5) is 0 Å². The first-order chi connectivity index (χ1) is 4.48. The number of carboxylic acid groups (broad SMARTS) is 1. The molecular formula is C6H13NO3. The van der Waals surface area contributed by atoms with Crippen molar-refractivity contribution in [2.24, 2.45) is 0 Å². The zero-order valence-electron chi connectivity index (χ0n) is 6.59. The number of quaternary nitrogens is 1. The van der Waals surface area contributed by atoms with E-state index in [-0.39, 0.29) is 11.2 Å². The molecule has 0 bridgehead atoms. The second kappa shape index (κ2) is 3.53. The van der Waals surface area contributed by atoms with E-state index in [0.29, 0.717) is 6.61 Å². The molecule has 0 rings (SSSR count). The Morgan fingerprint density at radius 1 is 1.60 bits per heavy atom. The molecule has 0 aliphatic rings. The minimum Gasteiger partial charge on any atom is -0.544 e. The Kier molecular flexibility index (Phi) is 3.32. The molecule has 4 nitrogen and oxygen atoms in total. The van der Waals surface area contributed by atoms with E-state index in [1.807, 2.05) is 6.92 Å². The van der Waals surface area contributed by atoms with Gasteiger partial charge < -0.3 is 9.90 Å². The SMILES string of the molecule is CCO[N+](C)(C)CC(=O)[O-]. The van der Waals surface area contributed by atoms with Gasteiger partial charge in [-0.25, -0.2) is 4.84 Å². The zero-order valence-corrected chi connectivity index (χ0v) is 6.59. The molecule has 0 N–H and O–H groups in total. The highest BCUT2D eigenvalue weighted by Crippen LogP contribution is 1.95. The maximum Gasteiger partial charge on any atom is 0.148 e. The average molecular weight is 147 g/mol. The molecule has 0 aromatic rings. The summed E-state index contributed by atoms with van der Waals surface area (Å²) in [6.45, 7) is 2.20. The standard InChI is InChI=1S/C6H13NO3/c1-4-10-7(2,3)5-6(8)9/h4-5H2,1-3H3. The van der Waals surface area contributed by atoms with E-state index in [1.54, 1.807) is 14.1 Å². The summed E-state index contributed by atoms with van der Waals surface area (Å²) >= 11 is 0. The molecule has 0 aliphatic carbocycles. The average Bonchev–Trinajstić information content (AvgIpc) is 1.59. The molecule has 0 heterocycles. The third kappa shape index (κ3) is 4.29. The lowest BCUT2D eigenvalue weighted by atomic mass is 10.6. The molecular weight excluding hydrogens is 134 g/mol. The van der Waals surface area contributed by atoms with Crippen LogP contribution in [0, 0.1) is 0 Å². The van der Waals surface area contributed by atoms with E-state index in [4.69, 9.17) is 4.84 Å². The fourth-order valence-electron chi connectivity index (χ4n) is 0.706. The highest BCUT2D eigenvalue weighted by atomic mass is 16.7. The van der Waals surface area contributed by atoms with Crippen molar-refractivity contribution in [1.82, 2.24) is 0 Å². The van der Waals surface area contributed by atoms with Crippen LogP contribution in [0.3, 0.4) is 0 Å². The van der Waals surface area contributed by atoms with Gasteiger partial charge in [0.2, 0.25) is 0 Å². The molecule has 0 spiro atoms. The predicted octanol–water partition coefficient (Wildman–Crippen LogP) is -1.24. The number of carbonyl (C=O) groups is 1. The first kappa shape index (κ1) is 9.39. The van der Waals surface area contributed by atoms with Crippen LogP contribution in [0.2, 0.25) is 0 Å². The lowest BCUT2D eigenvalue weighted by Crippen LogP contribution is -2.48. The summed E-state index contributed by atoms with van der Waals surface area (Å²) in [5.41, 5.74) is 0. The van der Waals surface area contributed by atoms with Gasteiger partial charge in [-0.1, -0.05) is 0 Å². The van der Waals surface area contributed by atoms with Crippen LogP contribution in [0.15, 0.2) is 0 Å². The van der Waals surface area contributed by atoms with Crippen molar-refractivity contribution in [3.05, 3.63) is 0 Å². The van der Waals surface area contributed by atoms with Crippen molar-refractivity contribution in [2.45, 2.75) is 6.92 Å². The number of aliphatic carboxylic acids is 1. The van der Waals surface area contributed by atoms with Gasteiger partial charge in [-0.15, -0.1) is 0 Å². The van der Waals surface area contributed by atoms with E-state index >= 15 is 0 Å². The molecule has 0 saturated carbocycles. The summed E-state index contributed by atoms with van der Waals surface area (Å²) in [5, 5.41) is 10.1. The summed E-state index contributed by atoms with van der Waals surface area (Å²) in [4.78, 5) is 15.1. The monoisotopic (exact) mass is 147 g/mol. The molecule has 0 aromatic heterocycles. The highest BCUT2D eigenvalue weighted by molar-refractivity contribution is 5.65. The first-order valence-corrected chi connectivity index (χ1v) is 3.15. The molecule has 0 amide bonds. The Balaban J connectivity index is 3.74. The molecule has 0 aromatic carbocycles. The van der Waals surface area contributed by atoms with Gasteiger partial charge >= 0.3 is 0 Å². The second-order valence-corrected chi connectivity index (χ2v) is 2.52. The number of nitrogens with zero attached hydrogens (tertiary/aromatic N) is 1. The summed E-state index contributed by atoms with van der Waals surface area (Å²) in [7, 11) is 3.33. The van der Waals surface area contributed by atoms with E-state index in [9.17, 15) is 9.90 Å². The minimum atomic E-state index is -1.10. The van der Waals surface area contributed by atoms with Crippen molar-refractivity contribution in [2.75, 3.05) is 27.2 Å². The Labute approximate surface area is 60.6 Å². The van der Waals surface area contributed by atoms with Gasteiger partial charge in [0.1, 0.15) is 13.2 Å². The predicted molar refractivity (Wildman–Crippen MR) is 33.6 cm³/mol. The summed E-state index contributed by atoms with van der Waals surface area (Å²) in [6, 6.07) is 0. The number of likely N-dealkylation sites (N-methyl/N-ethyl adjacent to an activating group) is 1. The number of carboxylic acids is 1. The van der Waals surface area contributed by atoms with Gasteiger partial charge in [-0.3, -0.25) is 0 Å². The van der Waals surface area contributed by atoms with Gasteiger partial charge in [0, 0.05) is 0 Å². The Bertz CT molecular complexity index is 122. The molecule has 10 heavy (non-hydrogen) atoms. The number of hydrogen-bond acceptors (Lipinski definition) is 3. The Hall–Kier alpha value is -0.610. The van der Waals surface area contributed by atoms with E-state index in [1.165, 1.54) is 0 Å². The van der Waals surface area contributed by atoms with Gasteiger partial charge in [0.05, 0.1) is 20.1 Å². The Morgan fingerprint density at radius 3 is 2.40 bits per heavy atom. The van der Waals surface area contributed by atoms with Crippen LogP contribution < -0.4 is 5.11 Å². The molecule has 0 saturated heterocycles. The maximum atomic E-state index is 10.1. The van der Waals surface area contributed by atoms with Gasteiger partial charge in [-0.05, 0) is 6.92 Å². The number of carbonyl (C=O) groups excluding carboxylic acids is 1. The van der Waals surface area contributed by atoms with Gasteiger partial charge in [0.25, 0.3) is 0 Å². The van der Waals surface area contributed by atoms with Crippen molar-refractivity contribution >= 4 is 5.97 Å². The first-order valence-electron chi connectivity index (χ1n) is 3.15. The van der Waals surface area contributed by atoms with Gasteiger partial charge in [0.15, 0.2) is 0 Å². The summed E-state index contributed by atoms with van der Waals surface area (Å²) in [5.74, 6) is -1.10. The largest absolute Gasteiger partial charge is 0.544 e. The van der Waals surface area contributed by atoms with Crippen LogP contribution in [-0.2, 0) is 9.63 Å².